The third-order valence-electron chi connectivity index (χ3n) is 10.9. The molecule has 0 spiro atoms. The fourth-order valence-corrected chi connectivity index (χ4v) is 7.62. The molecule has 2 heterocycles. The highest BCUT2D eigenvalue weighted by Gasteiger charge is 2.39. The van der Waals surface area contributed by atoms with Gasteiger partial charge in [0.25, 0.3) is 11.8 Å². The molecule has 0 radical (unpaired) electrons. The molecule has 0 saturated carbocycles. The molecule has 2 aliphatic heterocycles. The zero-order chi connectivity index (χ0) is 39.2. The molecule has 3 aromatic carbocycles. The third-order valence-corrected chi connectivity index (χ3v) is 10.9. The molecule has 0 aliphatic carbocycles. The van der Waals surface area contributed by atoms with E-state index < -0.39 is 0 Å². The Morgan fingerprint density at radius 2 is 1.76 bits per heavy atom. The maximum absolute atomic E-state index is 13.3. The summed E-state index contributed by atoms with van der Waals surface area (Å²) in [5.74, 6) is 0.249. The van der Waals surface area contributed by atoms with Crippen molar-refractivity contribution in [1.82, 2.24) is 20.4 Å². The van der Waals surface area contributed by atoms with E-state index in [0.29, 0.717) is 69.2 Å². The van der Waals surface area contributed by atoms with Crippen LogP contribution in [-0.4, -0.2) is 110 Å². The third kappa shape index (κ3) is 11.0. The molecule has 1 unspecified atom stereocenters. The number of benzene rings is 3. The summed E-state index contributed by atoms with van der Waals surface area (Å²) in [4.78, 5) is 42.5. The second kappa shape index (κ2) is 20.3. The zero-order valence-electron chi connectivity index (χ0n) is 32.7. The predicted molar refractivity (Wildman–Crippen MR) is 214 cm³/mol. The van der Waals surface area contributed by atoms with Crippen LogP contribution in [0.25, 0.3) is 0 Å². The summed E-state index contributed by atoms with van der Waals surface area (Å²) in [5, 5.41) is 30.3. The Morgan fingerprint density at radius 3 is 2.53 bits per heavy atom. The highest BCUT2D eigenvalue weighted by Crippen LogP contribution is 2.45. The van der Waals surface area contributed by atoms with E-state index in [-0.39, 0.29) is 53.7 Å². The fraction of sp³-hybridized carbons (Fsp3) is 0.512. The van der Waals surface area contributed by atoms with Crippen molar-refractivity contribution in [3.05, 3.63) is 82.9 Å². The summed E-state index contributed by atoms with van der Waals surface area (Å²) in [6.07, 6.45) is 6.25. The number of phenols is 2. The van der Waals surface area contributed by atoms with Crippen LogP contribution in [0.5, 0.6) is 17.2 Å². The van der Waals surface area contributed by atoms with Gasteiger partial charge in [-0.2, -0.15) is 0 Å². The quantitative estimate of drug-likeness (QED) is 0.0773. The first-order valence-electron chi connectivity index (χ1n) is 19.8. The fourth-order valence-electron chi connectivity index (χ4n) is 7.62. The van der Waals surface area contributed by atoms with Crippen molar-refractivity contribution >= 4 is 23.4 Å². The number of nitrogens with one attached hydrogen (secondary N) is 3. The van der Waals surface area contributed by atoms with Crippen LogP contribution in [0.2, 0.25) is 0 Å². The van der Waals surface area contributed by atoms with E-state index in [0.717, 1.165) is 61.9 Å². The normalized spacial score (nSPS) is 15.7. The van der Waals surface area contributed by atoms with Crippen molar-refractivity contribution in [2.45, 2.75) is 76.7 Å². The first kappa shape index (κ1) is 41.5. The van der Waals surface area contributed by atoms with Gasteiger partial charge < -0.3 is 45.4 Å². The summed E-state index contributed by atoms with van der Waals surface area (Å²) in [6.45, 7) is 8.93. The van der Waals surface area contributed by atoms with Gasteiger partial charge in [0.2, 0.25) is 5.91 Å². The number of nitrogens with zero attached hydrogens (tertiary/aromatic N) is 2. The lowest BCUT2D eigenvalue weighted by molar-refractivity contribution is -0.134. The van der Waals surface area contributed by atoms with Crippen LogP contribution in [0.15, 0.2) is 60.7 Å². The molecule has 1 atom stereocenters. The Labute approximate surface area is 325 Å². The monoisotopic (exact) mass is 757 g/mol. The summed E-state index contributed by atoms with van der Waals surface area (Å²) in [6, 6.07) is 18.9. The molecule has 5 rings (SSSR count). The first-order chi connectivity index (χ1) is 26.6. The molecule has 5 N–H and O–H groups in total. The van der Waals surface area contributed by atoms with E-state index in [4.69, 9.17) is 9.47 Å². The average Bonchev–Trinajstić information content (AvgIpc) is 3.19. The lowest BCUT2D eigenvalue weighted by atomic mass is 9.67. The predicted octanol–water partition coefficient (Wildman–Crippen LogP) is 5.21. The Hall–Kier alpha value is -4.65. The van der Waals surface area contributed by atoms with Gasteiger partial charge >= 0.3 is 0 Å². The van der Waals surface area contributed by atoms with Crippen LogP contribution in [0.1, 0.15) is 85.8 Å². The molecular weight excluding hydrogens is 699 g/mol. The smallest absolute Gasteiger partial charge is 0.262 e. The molecule has 12 nitrogen and oxygen atoms in total. The van der Waals surface area contributed by atoms with Gasteiger partial charge in [0.15, 0.2) is 12.4 Å². The SMILES string of the molecule is CCCCC(C)N(CCNCCc1ccc(O)c2c1OCC(=O)N2)C(=O)CCOCCCNC(=O)c1ccc(O)c(C2(c3ccccc3)CCN(C)CC2)c1. The summed E-state index contributed by atoms with van der Waals surface area (Å²) < 4.78 is 11.4. The van der Waals surface area contributed by atoms with Gasteiger partial charge in [-0.1, -0.05) is 56.2 Å². The largest absolute Gasteiger partial charge is 0.508 e. The molecule has 0 aromatic heterocycles. The molecule has 3 amide bonds. The highest BCUT2D eigenvalue weighted by molar-refractivity contribution is 5.97. The van der Waals surface area contributed by atoms with Gasteiger partial charge in [0.05, 0.1) is 13.0 Å². The van der Waals surface area contributed by atoms with Crippen LogP contribution in [0, 0.1) is 0 Å². The highest BCUT2D eigenvalue weighted by atomic mass is 16.5. The number of phenolic OH excluding ortho intramolecular Hbond substituents is 2. The molecule has 2 aliphatic rings. The number of aromatic hydroxyl groups is 2. The standard InChI is InChI=1S/C43H59N5O7/c1-4-5-10-31(2)48(26-23-44-22-17-32-13-16-37(50)40-41(32)55-30-38(51)46-40)39(52)18-28-54-27-9-21-45-42(53)33-14-15-36(49)35(29-33)43(19-24-47(3)25-20-43)34-11-7-6-8-12-34/h6-8,11-16,29,31,44,49-50H,4-5,9-10,17-28,30H2,1-3H3,(H,45,53)(H,46,51). The minimum absolute atomic E-state index is 0.0228. The van der Waals surface area contributed by atoms with Crippen LogP contribution in [-0.2, 0) is 26.2 Å². The number of anilines is 1. The summed E-state index contributed by atoms with van der Waals surface area (Å²) in [7, 11) is 2.11. The number of ether oxygens (including phenoxy) is 2. The van der Waals surface area contributed by atoms with Crippen molar-refractivity contribution in [3.63, 3.8) is 0 Å². The number of carbonyl (C=O) groups excluding carboxylic acids is 3. The number of likely N-dealkylation sites (tertiary alicyclic amines) is 1. The lowest BCUT2D eigenvalue weighted by Gasteiger charge is -2.42. The van der Waals surface area contributed by atoms with Crippen LogP contribution in [0.3, 0.4) is 0 Å². The van der Waals surface area contributed by atoms with E-state index in [9.17, 15) is 24.6 Å². The molecule has 0 bridgehead atoms. The first-order valence-corrected chi connectivity index (χ1v) is 19.8. The van der Waals surface area contributed by atoms with Gasteiger partial charge in [0.1, 0.15) is 17.2 Å². The Kier molecular flexibility index (Phi) is 15.3. The van der Waals surface area contributed by atoms with Crippen molar-refractivity contribution in [2.75, 3.05) is 71.5 Å². The number of hydrogen-bond acceptors (Lipinski definition) is 9. The molecule has 55 heavy (non-hydrogen) atoms. The van der Waals surface area contributed by atoms with Crippen LogP contribution in [0.4, 0.5) is 5.69 Å². The van der Waals surface area contributed by atoms with Gasteiger partial charge in [-0.25, -0.2) is 0 Å². The van der Waals surface area contributed by atoms with Crippen LogP contribution >= 0.6 is 0 Å². The van der Waals surface area contributed by atoms with E-state index in [1.165, 1.54) is 0 Å². The van der Waals surface area contributed by atoms with E-state index in [2.05, 4.69) is 53.9 Å². The topological polar surface area (TPSA) is 153 Å². The number of hydrogen-bond donors (Lipinski definition) is 5. The number of rotatable bonds is 20. The van der Waals surface area contributed by atoms with Crippen LogP contribution < -0.4 is 20.7 Å². The molecule has 1 fully saturated rings. The number of piperidine rings is 1. The minimum atomic E-state index is -0.369. The number of fused-ring (bicyclic) bond motifs is 1. The van der Waals surface area contributed by atoms with Gasteiger partial charge in [-0.15, -0.1) is 0 Å². The lowest BCUT2D eigenvalue weighted by Crippen LogP contribution is -2.43. The van der Waals surface area contributed by atoms with Crippen molar-refractivity contribution in [1.29, 1.82) is 0 Å². The Morgan fingerprint density at radius 1 is 1.00 bits per heavy atom. The number of amides is 3. The molecule has 298 valence electrons. The number of carbonyl (C=O) groups is 3. The molecular formula is C43H59N5O7. The molecule has 12 heteroatoms. The maximum Gasteiger partial charge on any atom is 0.262 e. The van der Waals surface area contributed by atoms with Gasteiger partial charge in [-0.05, 0) is 101 Å². The Balaban J connectivity index is 1.04. The Bertz CT molecular complexity index is 1730. The summed E-state index contributed by atoms with van der Waals surface area (Å²) in [5.41, 5.74) is 3.29. The van der Waals surface area contributed by atoms with Gasteiger partial charge in [-0.3, -0.25) is 14.4 Å². The molecule has 1 saturated heterocycles. The summed E-state index contributed by atoms with van der Waals surface area (Å²) >= 11 is 0. The maximum atomic E-state index is 13.3. The van der Waals surface area contributed by atoms with E-state index in [1.807, 2.05) is 29.2 Å². The molecule has 3 aromatic rings. The van der Waals surface area contributed by atoms with E-state index in [1.54, 1.807) is 24.3 Å². The van der Waals surface area contributed by atoms with Crippen molar-refractivity contribution < 1.29 is 34.1 Å². The average molecular weight is 758 g/mol. The second-order valence-corrected chi connectivity index (χ2v) is 14.8. The van der Waals surface area contributed by atoms with Crippen molar-refractivity contribution in [3.8, 4) is 17.2 Å². The second-order valence-electron chi connectivity index (χ2n) is 14.8. The zero-order valence-corrected chi connectivity index (χ0v) is 32.7. The minimum Gasteiger partial charge on any atom is -0.508 e. The van der Waals surface area contributed by atoms with Crippen molar-refractivity contribution in [2.24, 2.45) is 0 Å². The van der Waals surface area contributed by atoms with E-state index >= 15 is 0 Å². The van der Waals surface area contributed by atoms with Gasteiger partial charge in [0, 0.05) is 48.8 Å². The number of unbranched alkanes of at least 4 members (excludes halogenated alkanes) is 1.